The van der Waals surface area contributed by atoms with E-state index in [1.54, 1.807) is 18.2 Å². The van der Waals surface area contributed by atoms with E-state index in [2.05, 4.69) is 6.58 Å². The third-order valence-electron chi connectivity index (χ3n) is 2.78. The zero-order valence-electron chi connectivity index (χ0n) is 10.7. The van der Waals surface area contributed by atoms with Crippen LogP contribution in [0.1, 0.15) is 22.0 Å². The summed E-state index contributed by atoms with van der Waals surface area (Å²) in [6, 6.07) is 18.7. The van der Waals surface area contributed by atoms with E-state index in [9.17, 15) is 4.79 Å². The van der Waals surface area contributed by atoms with Crippen LogP contribution in [0.3, 0.4) is 0 Å². The number of ketones is 1. The minimum atomic E-state index is -0.582. The summed E-state index contributed by atoms with van der Waals surface area (Å²) in [6.07, 6.45) is 1.07. The lowest BCUT2D eigenvalue weighted by Gasteiger charge is -2.16. The largest absolute Gasteiger partial charge is 0.361 e. The second-order valence-corrected chi connectivity index (χ2v) is 4.14. The van der Waals surface area contributed by atoms with Gasteiger partial charge in [-0.3, -0.25) is 4.79 Å². The highest BCUT2D eigenvalue weighted by Crippen LogP contribution is 2.22. The molecule has 1 atom stereocenters. The Labute approximate surface area is 113 Å². The van der Waals surface area contributed by atoms with E-state index in [-0.39, 0.29) is 5.78 Å². The molecule has 0 saturated heterocycles. The summed E-state index contributed by atoms with van der Waals surface area (Å²) in [4.78, 5) is 12.5. The SMILES string of the molecule is C=CCOC(C(=O)c1ccccc1)c1ccccc1. The predicted molar refractivity (Wildman–Crippen MR) is 76.1 cm³/mol. The normalized spacial score (nSPS) is 11.8. The predicted octanol–water partition coefficient (Wildman–Crippen LogP) is 3.81. The number of carbonyl (C=O) groups is 1. The number of ether oxygens (including phenoxy) is 1. The van der Waals surface area contributed by atoms with E-state index in [1.165, 1.54) is 0 Å². The van der Waals surface area contributed by atoms with Crippen molar-refractivity contribution in [2.75, 3.05) is 6.61 Å². The van der Waals surface area contributed by atoms with Gasteiger partial charge in [0.2, 0.25) is 0 Å². The van der Waals surface area contributed by atoms with Crippen LogP contribution in [0.5, 0.6) is 0 Å². The molecule has 2 heteroatoms. The Bertz CT molecular complexity index is 532. The molecule has 1 unspecified atom stereocenters. The standard InChI is InChI=1S/C17H16O2/c1-2-13-19-17(15-11-7-4-8-12-15)16(18)14-9-5-3-6-10-14/h2-12,17H,1,13H2. The summed E-state index contributed by atoms with van der Waals surface area (Å²) in [5.74, 6) is -0.0337. The quantitative estimate of drug-likeness (QED) is 0.577. The molecule has 0 aliphatic carbocycles. The maximum atomic E-state index is 12.5. The third-order valence-corrected chi connectivity index (χ3v) is 2.78. The molecule has 96 valence electrons. The molecule has 0 fully saturated rings. The smallest absolute Gasteiger partial charge is 0.196 e. The Morgan fingerprint density at radius 2 is 1.63 bits per heavy atom. The lowest BCUT2D eigenvalue weighted by Crippen LogP contribution is -2.16. The first-order valence-electron chi connectivity index (χ1n) is 6.19. The maximum Gasteiger partial charge on any atom is 0.196 e. The highest BCUT2D eigenvalue weighted by Gasteiger charge is 2.21. The molecule has 2 aromatic carbocycles. The minimum absolute atomic E-state index is 0.0337. The van der Waals surface area contributed by atoms with E-state index in [4.69, 9.17) is 4.74 Å². The molecule has 2 rings (SSSR count). The number of Topliss-reactive ketones (excluding diaryl/α,β-unsaturated/α-hetero) is 1. The summed E-state index contributed by atoms with van der Waals surface area (Å²) in [5, 5.41) is 0. The number of benzene rings is 2. The van der Waals surface area contributed by atoms with Crippen LogP contribution in [-0.4, -0.2) is 12.4 Å². The lowest BCUT2D eigenvalue weighted by atomic mass is 10.00. The summed E-state index contributed by atoms with van der Waals surface area (Å²) in [5.41, 5.74) is 1.51. The summed E-state index contributed by atoms with van der Waals surface area (Å²) in [7, 11) is 0. The Morgan fingerprint density at radius 3 is 2.21 bits per heavy atom. The van der Waals surface area contributed by atoms with Crippen molar-refractivity contribution in [1.29, 1.82) is 0 Å². The fourth-order valence-electron chi connectivity index (χ4n) is 1.87. The second kappa shape index (κ2) is 6.66. The van der Waals surface area contributed by atoms with Gasteiger partial charge in [-0.15, -0.1) is 6.58 Å². The van der Waals surface area contributed by atoms with E-state index < -0.39 is 6.10 Å². The van der Waals surface area contributed by atoms with Gasteiger partial charge in [0, 0.05) is 5.56 Å². The second-order valence-electron chi connectivity index (χ2n) is 4.14. The Morgan fingerprint density at radius 1 is 1.05 bits per heavy atom. The maximum absolute atomic E-state index is 12.5. The van der Waals surface area contributed by atoms with Gasteiger partial charge in [0.05, 0.1) is 6.61 Å². The molecule has 19 heavy (non-hydrogen) atoms. The van der Waals surface area contributed by atoms with Crippen molar-refractivity contribution >= 4 is 5.78 Å². The van der Waals surface area contributed by atoms with E-state index in [0.29, 0.717) is 12.2 Å². The molecular formula is C17H16O2. The van der Waals surface area contributed by atoms with Gasteiger partial charge in [0.15, 0.2) is 5.78 Å². The molecule has 2 aromatic rings. The number of hydrogen-bond acceptors (Lipinski definition) is 2. The van der Waals surface area contributed by atoms with Gasteiger partial charge in [-0.1, -0.05) is 66.7 Å². The lowest BCUT2D eigenvalue weighted by molar-refractivity contribution is 0.0503. The average molecular weight is 252 g/mol. The van der Waals surface area contributed by atoms with E-state index in [0.717, 1.165) is 5.56 Å². The molecule has 0 aliphatic rings. The molecule has 0 heterocycles. The van der Waals surface area contributed by atoms with Crippen molar-refractivity contribution in [1.82, 2.24) is 0 Å². The molecule has 2 nitrogen and oxygen atoms in total. The van der Waals surface area contributed by atoms with Crippen LogP contribution >= 0.6 is 0 Å². The topological polar surface area (TPSA) is 26.3 Å². The van der Waals surface area contributed by atoms with Gasteiger partial charge in [-0.2, -0.15) is 0 Å². The molecule has 0 aliphatic heterocycles. The van der Waals surface area contributed by atoms with Crippen molar-refractivity contribution in [3.05, 3.63) is 84.4 Å². The van der Waals surface area contributed by atoms with Crippen LogP contribution in [0.2, 0.25) is 0 Å². The Kier molecular flexibility index (Phi) is 4.65. The van der Waals surface area contributed by atoms with Gasteiger partial charge in [-0.05, 0) is 5.56 Å². The zero-order chi connectivity index (χ0) is 13.5. The zero-order valence-corrected chi connectivity index (χ0v) is 10.7. The van der Waals surface area contributed by atoms with Crippen molar-refractivity contribution < 1.29 is 9.53 Å². The summed E-state index contributed by atoms with van der Waals surface area (Å²) in [6.45, 7) is 3.97. The number of hydrogen-bond donors (Lipinski definition) is 0. The Hall–Kier alpha value is -2.19. The fourth-order valence-corrected chi connectivity index (χ4v) is 1.87. The molecule has 0 N–H and O–H groups in total. The van der Waals surface area contributed by atoms with Crippen LogP contribution in [-0.2, 0) is 4.74 Å². The molecule has 0 bridgehead atoms. The number of rotatable bonds is 6. The molecule has 0 spiro atoms. The fraction of sp³-hybridized carbons (Fsp3) is 0.118. The molecule has 0 saturated carbocycles. The molecule has 0 aromatic heterocycles. The van der Waals surface area contributed by atoms with Crippen molar-refractivity contribution in [2.45, 2.75) is 6.10 Å². The number of carbonyl (C=O) groups excluding carboxylic acids is 1. The monoisotopic (exact) mass is 252 g/mol. The van der Waals surface area contributed by atoms with E-state index >= 15 is 0 Å². The van der Waals surface area contributed by atoms with Gasteiger partial charge in [-0.25, -0.2) is 0 Å². The highest BCUT2D eigenvalue weighted by molar-refractivity contribution is 6.00. The van der Waals surface area contributed by atoms with Gasteiger partial charge in [0.1, 0.15) is 6.10 Å². The average Bonchev–Trinajstić information content (AvgIpc) is 2.49. The molecule has 0 amide bonds. The summed E-state index contributed by atoms with van der Waals surface area (Å²) < 4.78 is 5.63. The van der Waals surface area contributed by atoms with Gasteiger partial charge >= 0.3 is 0 Å². The molecule has 0 radical (unpaired) electrons. The van der Waals surface area contributed by atoms with Crippen LogP contribution in [0.4, 0.5) is 0 Å². The van der Waals surface area contributed by atoms with Crippen molar-refractivity contribution in [3.63, 3.8) is 0 Å². The first kappa shape index (κ1) is 13.2. The first-order chi connectivity index (χ1) is 9.33. The first-order valence-corrected chi connectivity index (χ1v) is 6.19. The highest BCUT2D eigenvalue weighted by atomic mass is 16.5. The van der Waals surface area contributed by atoms with Crippen LogP contribution in [0, 0.1) is 0 Å². The van der Waals surface area contributed by atoms with Crippen LogP contribution < -0.4 is 0 Å². The van der Waals surface area contributed by atoms with Crippen molar-refractivity contribution in [3.8, 4) is 0 Å². The summed E-state index contributed by atoms with van der Waals surface area (Å²) >= 11 is 0. The van der Waals surface area contributed by atoms with Crippen molar-refractivity contribution in [2.24, 2.45) is 0 Å². The Balaban J connectivity index is 2.28. The third kappa shape index (κ3) is 3.39. The van der Waals surface area contributed by atoms with Gasteiger partial charge in [0.25, 0.3) is 0 Å². The minimum Gasteiger partial charge on any atom is -0.361 e. The van der Waals surface area contributed by atoms with Crippen LogP contribution in [0.25, 0.3) is 0 Å². The van der Waals surface area contributed by atoms with E-state index in [1.807, 2.05) is 48.5 Å². The molecular weight excluding hydrogens is 236 g/mol. The van der Waals surface area contributed by atoms with Crippen LogP contribution in [0.15, 0.2) is 73.3 Å². The van der Waals surface area contributed by atoms with Gasteiger partial charge < -0.3 is 4.74 Å².